The van der Waals surface area contributed by atoms with E-state index in [-0.39, 0.29) is 21.7 Å². The van der Waals surface area contributed by atoms with Crippen LogP contribution in [0.4, 0.5) is 0 Å². The number of aliphatic hydroxyl groups is 1. The third kappa shape index (κ3) is 2.27. The van der Waals surface area contributed by atoms with E-state index in [4.69, 9.17) is 0 Å². The maximum atomic E-state index is 11.9. The van der Waals surface area contributed by atoms with Gasteiger partial charge in [-0.05, 0) is 23.3 Å². The molecule has 122 valence electrons. The van der Waals surface area contributed by atoms with Crippen LogP contribution in [0.5, 0.6) is 0 Å². The Morgan fingerprint density at radius 1 is 0.783 bits per heavy atom. The smallest absolute Gasteiger partial charge is 0.154 e. The lowest BCUT2D eigenvalue weighted by atomic mass is 9.67. The maximum absolute atomic E-state index is 11.9. The molecule has 1 nitrogen and oxygen atoms in total. The molecule has 0 saturated carbocycles. The molecular weight excluding hydrogens is 300 g/mol. The van der Waals surface area contributed by atoms with Crippen molar-refractivity contribution in [1.29, 1.82) is 0 Å². The molecule has 0 amide bonds. The van der Waals surface area contributed by atoms with Crippen LogP contribution in [0.25, 0.3) is 0 Å². The molecule has 2 aromatic carbocycles. The summed E-state index contributed by atoms with van der Waals surface area (Å²) in [5.74, 6) is 0.783. The number of rotatable bonds is 3. The molecule has 0 aromatic heterocycles. The standard InChI is InChI=1S/C21H27OS/c1-19(2)17-13-9-10-14-18(17)20(3,4)21(19,22)15-23(5)16-11-7-6-8-12-16/h6-14,22H,15H2,1-5H3/q+1. The predicted molar refractivity (Wildman–Crippen MR) is 100 cm³/mol. The summed E-state index contributed by atoms with van der Waals surface area (Å²) in [4.78, 5) is 1.32. The monoisotopic (exact) mass is 327 g/mol. The number of benzene rings is 2. The number of hydrogen-bond acceptors (Lipinski definition) is 1. The highest BCUT2D eigenvalue weighted by Crippen LogP contribution is 2.56. The second-order valence-corrected chi connectivity index (χ2v) is 9.78. The molecule has 1 aliphatic carbocycles. The Balaban J connectivity index is 2.04. The number of hydrogen-bond donors (Lipinski definition) is 1. The van der Waals surface area contributed by atoms with E-state index in [2.05, 4.69) is 88.5 Å². The molecule has 1 aliphatic rings. The molecule has 2 heteroatoms. The molecule has 0 saturated heterocycles. The van der Waals surface area contributed by atoms with Crippen molar-refractivity contribution in [3.8, 4) is 0 Å². The largest absolute Gasteiger partial charge is 0.383 e. The zero-order chi connectivity index (χ0) is 16.9. The normalized spacial score (nSPS) is 21.7. The summed E-state index contributed by atoms with van der Waals surface area (Å²) in [7, 11) is 0.00592. The lowest BCUT2D eigenvalue weighted by Crippen LogP contribution is -2.58. The Labute approximate surface area is 143 Å². The van der Waals surface area contributed by atoms with E-state index in [0.29, 0.717) is 0 Å². The van der Waals surface area contributed by atoms with Gasteiger partial charge in [0.1, 0.15) is 17.6 Å². The first-order valence-electron chi connectivity index (χ1n) is 8.22. The average Bonchev–Trinajstić information content (AvgIpc) is 2.65. The van der Waals surface area contributed by atoms with Gasteiger partial charge in [-0.3, -0.25) is 0 Å². The van der Waals surface area contributed by atoms with E-state index in [9.17, 15) is 5.11 Å². The molecule has 0 heterocycles. The highest BCUT2D eigenvalue weighted by Gasteiger charge is 2.64. The molecular formula is C21H27OS+. The van der Waals surface area contributed by atoms with E-state index in [1.54, 1.807) is 0 Å². The van der Waals surface area contributed by atoms with Crippen molar-refractivity contribution in [3.05, 3.63) is 65.7 Å². The minimum atomic E-state index is -0.766. The van der Waals surface area contributed by atoms with Gasteiger partial charge in [0.05, 0.1) is 0 Å². The van der Waals surface area contributed by atoms with Gasteiger partial charge < -0.3 is 5.11 Å². The van der Waals surface area contributed by atoms with Gasteiger partial charge in [0.25, 0.3) is 0 Å². The van der Waals surface area contributed by atoms with Crippen molar-refractivity contribution in [1.82, 2.24) is 0 Å². The van der Waals surface area contributed by atoms with Crippen LogP contribution >= 0.6 is 0 Å². The minimum Gasteiger partial charge on any atom is -0.383 e. The Morgan fingerprint density at radius 2 is 1.22 bits per heavy atom. The SMILES string of the molecule is C[S+](CC1(O)C(C)(C)c2ccccc2C1(C)C)c1ccccc1. The molecule has 2 aromatic rings. The van der Waals surface area contributed by atoms with Crippen LogP contribution in [-0.2, 0) is 21.7 Å². The molecule has 0 spiro atoms. The highest BCUT2D eigenvalue weighted by atomic mass is 32.2. The summed E-state index contributed by atoms with van der Waals surface area (Å²) in [6, 6.07) is 19.1. The third-order valence-electron chi connectivity index (χ3n) is 5.91. The van der Waals surface area contributed by atoms with Crippen molar-refractivity contribution in [2.45, 2.75) is 49.0 Å². The fourth-order valence-corrected chi connectivity index (χ4v) is 6.35. The van der Waals surface area contributed by atoms with Crippen molar-refractivity contribution in [3.63, 3.8) is 0 Å². The molecule has 1 N–H and O–H groups in total. The second-order valence-electron chi connectivity index (χ2n) is 7.75. The van der Waals surface area contributed by atoms with Gasteiger partial charge >= 0.3 is 0 Å². The number of fused-ring (bicyclic) bond motifs is 1. The van der Waals surface area contributed by atoms with Crippen LogP contribution in [-0.4, -0.2) is 22.7 Å². The van der Waals surface area contributed by atoms with E-state index in [1.165, 1.54) is 16.0 Å². The molecule has 0 bridgehead atoms. The van der Waals surface area contributed by atoms with Crippen molar-refractivity contribution in [2.75, 3.05) is 12.0 Å². The van der Waals surface area contributed by atoms with Gasteiger partial charge in [-0.2, -0.15) is 0 Å². The first-order chi connectivity index (χ1) is 10.7. The lowest BCUT2D eigenvalue weighted by molar-refractivity contribution is -0.0456. The highest BCUT2D eigenvalue weighted by molar-refractivity contribution is 7.96. The van der Waals surface area contributed by atoms with Crippen LogP contribution in [0, 0.1) is 0 Å². The van der Waals surface area contributed by atoms with Crippen LogP contribution in [0.1, 0.15) is 38.8 Å². The first kappa shape index (κ1) is 16.6. The quantitative estimate of drug-likeness (QED) is 0.834. The second kappa shape index (κ2) is 5.39. The predicted octanol–water partition coefficient (Wildman–Crippen LogP) is 4.29. The van der Waals surface area contributed by atoms with E-state index >= 15 is 0 Å². The fraction of sp³-hybridized carbons (Fsp3) is 0.429. The fourth-order valence-electron chi connectivity index (χ4n) is 4.21. The zero-order valence-electron chi connectivity index (χ0n) is 14.8. The average molecular weight is 328 g/mol. The van der Waals surface area contributed by atoms with Crippen molar-refractivity contribution in [2.24, 2.45) is 0 Å². The lowest BCUT2D eigenvalue weighted by Gasteiger charge is -2.44. The summed E-state index contributed by atoms with van der Waals surface area (Å²) in [6.07, 6.45) is 2.25. The van der Waals surface area contributed by atoms with Gasteiger partial charge in [-0.15, -0.1) is 0 Å². The molecule has 1 unspecified atom stereocenters. The van der Waals surface area contributed by atoms with Gasteiger partial charge in [0.2, 0.25) is 0 Å². The maximum Gasteiger partial charge on any atom is 0.154 e. The molecule has 0 aliphatic heterocycles. The van der Waals surface area contributed by atoms with Gasteiger partial charge in [0.15, 0.2) is 4.90 Å². The van der Waals surface area contributed by atoms with Gasteiger partial charge in [-0.25, -0.2) is 0 Å². The summed E-state index contributed by atoms with van der Waals surface area (Å²) >= 11 is 0. The van der Waals surface area contributed by atoms with Crippen LogP contribution < -0.4 is 0 Å². The summed E-state index contributed by atoms with van der Waals surface area (Å²) in [5, 5.41) is 11.9. The summed E-state index contributed by atoms with van der Waals surface area (Å²) in [6.45, 7) is 8.79. The molecule has 1 atom stereocenters. The van der Waals surface area contributed by atoms with E-state index in [0.717, 1.165) is 5.75 Å². The van der Waals surface area contributed by atoms with Gasteiger partial charge in [-0.1, -0.05) is 70.2 Å². The van der Waals surface area contributed by atoms with Crippen LogP contribution in [0.2, 0.25) is 0 Å². The van der Waals surface area contributed by atoms with Crippen LogP contribution in [0.3, 0.4) is 0 Å². The molecule has 3 rings (SSSR count). The minimum absolute atomic E-state index is 0.00592. The molecule has 0 fully saturated rings. The van der Waals surface area contributed by atoms with Gasteiger partial charge in [0, 0.05) is 21.7 Å². The van der Waals surface area contributed by atoms with E-state index in [1.807, 2.05) is 0 Å². The summed E-state index contributed by atoms with van der Waals surface area (Å²) < 4.78 is 0. The third-order valence-corrected chi connectivity index (χ3v) is 7.84. The Hall–Kier alpha value is -1.25. The zero-order valence-corrected chi connectivity index (χ0v) is 15.6. The summed E-state index contributed by atoms with van der Waals surface area (Å²) in [5.41, 5.74) is 1.29. The van der Waals surface area contributed by atoms with Crippen LogP contribution in [0.15, 0.2) is 59.5 Å². The Bertz CT molecular complexity index is 668. The van der Waals surface area contributed by atoms with Crippen molar-refractivity contribution >= 4 is 10.9 Å². The Morgan fingerprint density at radius 3 is 1.70 bits per heavy atom. The van der Waals surface area contributed by atoms with E-state index < -0.39 is 5.60 Å². The molecule has 0 radical (unpaired) electrons. The van der Waals surface area contributed by atoms with Crippen molar-refractivity contribution < 1.29 is 5.11 Å². The molecule has 23 heavy (non-hydrogen) atoms. The Kier molecular flexibility index (Phi) is 3.89. The first-order valence-corrected chi connectivity index (χ1v) is 10.0. The topological polar surface area (TPSA) is 20.2 Å².